The van der Waals surface area contributed by atoms with Crippen molar-refractivity contribution in [2.45, 2.75) is 56.1 Å². The number of ether oxygens (including phenoxy) is 2. The van der Waals surface area contributed by atoms with Gasteiger partial charge in [0, 0.05) is 30.2 Å². The first kappa shape index (κ1) is 24.5. The molecule has 0 bridgehead atoms. The molecule has 0 spiro atoms. The lowest BCUT2D eigenvalue weighted by atomic mass is 9.52. The van der Waals surface area contributed by atoms with Crippen molar-refractivity contribution in [3.63, 3.8) is 0 Å². The van der Waals surface area contributed by atoms with E-state index in [0.717, 1.165) is 42.2 Å². The lowest BCUT2D eigenvalue weighted by Gasteiger charge is -2.28. The SMILES string of the molecule is BC(B)(B)Oc1nc(N[C@H]2CC[C@@H](OC)CC2)nc2[nH]cc(-c3ccc4nnn(CC(F)F)c4c3)c12. The Bertz CT molecular complexity index is 1370. The summed E-state index contributed by atoms with van der Waals surface area (Å²) in [4.78, 5) is 12.7. The molecule has 5 rings (SSSR count). The molecule has 0 radical (unpaired) electrons. The van der Waals surface area contributed by atoms with Crippen molar-refractivity contribution in [1.82, 2.24) is 29.9 Å². The molecule has 1 aliphatic carbocycles. The number of alkyl halides is 2. The molecule has 9 nitrogen and oxygen atoms in total. The second-order valence-electron chi connectivity index (χ2n) is 10.2. The van der Waals surface area contributed by atoms with E-state index in [1.54, 1.807) is 13.2 Å². The minimum Gasteiger partial charge on any atom is -0.498 e. The van der Waals surface area contributed by atoms with Crippen LogP contribution in [0.25, 0.3) is 33.2 Å². The van der Waals surface area contributed by atoms with Crippen LogP contribution in [0.5, 0.6) is 5.88 Å². The number of benzene rings is 1. The summed E-state index contributed by atoms with van der Waals surface area (Å²) in [5, 5.41) is 11.6. The summed E-state index contributed by atoms with van der Waals surface area (Å²) in [6, 6.07) is 5.72. The fourth-order valence-corrected chi connectivity index (χ4v) is 4.68. The van der Waals surface area contributed by atoms with Crippen LogP contribution in [0, 0.1) is 0 Å². The Morgan fingerprint density at radius 2 is 1.97 bits per heavy atom. The quantitative estimate of drug-likeness (QED) is 0.352. The van der Waals surface area contributed by atoms with Gasteiger partial charge >= 0.3 is 0 Å². The molecule has 0 aliphatic heterocycles. The third kappa shape index (κ3) is 5.18. The van der Waals surface area contributed by atoms with Crippen LogP contribution in [0.15, 0.2) is 24.4 Å². The Hall–Kier alpha value is -3.15. The van der Waals surface area contributed by atoms with Gasteiger partial charge in [0.15, 0.2) is 0 Å². The molecule has 1 fully saturated rings. The van der Waals surface area contributed by atoms with E-state index in [2.05, 4.69) is 20.6 Å². The highest BCUT2D eigenvalue weighted by Gasteiger charge is 2.25. The molecule has 1 aliphatic rings. The first-order valence-corrected chi connectivity index (χ1v) is 12.2. The topological polar surface area (TPSA) is 103 Å². The van der Waals surface area contributed by atoms with E-state index in [1.807, 2.05) is 41.9 Å². The number of H-pyrrole nitrogens is 1. The zero-order valence-electron chi connectivity index (χ0n) is 20.9. The highest BCUT2D eigenvalue weighted by Crippen LogP contribution is 2.36. The zero-order valence-corrected chi connectivity index (χ0v) is 20.9. The van der Waals surface area contributed by atoms with E-state index in [4.69, 9.17) is 19.4 Å². The largest absolute Gasteiger partial charge is 0.498 e. The number of anilines is 1. The molecule has 2 N–H and O–H groups in total. The maximum absolute atomic E-state index is 13.0. The average molecular weight is 493 g/mol. The molecule has 14 heteroatoms. The number of nitrogens with zero attached hydrogens (tertiary/aromatic N) is 5. The molecule has 1 aromatic carbocycles. The number of rotatable bonds is 8. The molecule has 0 amide bonds. The number of hydrogen-bond acceptors (Lipinski definition) is 7. The second-order valence-corrected chi connectivity index (χ2v) is 10.2. The van der Waals surface area contributed by atoms with Crippen LogP contribution in [0.4, 0.5) is 14.7 Å². The third-order valence-corrected chi connectivity index (χ3v) is 6.38. The molecule has 1 saturated carbocycles. The molecule has 0 atom stereocenters. The Morgan fingerprint density at radius 3 is 2.67 bits per heavy atom. The van der Waals surface area contributed by atoms with Gasteiger partial charge in [-0.15, -0.1) is 5.10 Å². The number of aromatic amines is 1. The Morgan fingerprint density at radius 1 is 1.19 bits per heavy atom. The average Bonchev–Trinajstić information content (AvgIpc) is 3.42. The van der Waals surface area contributed by atoms with Crippen LogP contribution in [0.3, 0.4) is 0 Å². The molecular formula is C22H28B3F2N7O2. The second kappa shape index (κ2) is 9.72. The highest BCUT2D eigenvalue weighted by atomic mass is 19.3. The smallest absolute Gasteiger partial charge is 0.258 e. The normalized spacial score (nSPS) is 18.8. The number of aromatic nitrogens is 6. The summed E-state index contributed by atoms with van der Waals surface area (Å²) in [7, 11) is 7.66. The first-order valence-electron chi connectivity index (χ1n) is 12.2. The maximum atomic E-state index is 13.0. The summed E-state index contributed by atoms with van der Waals surface area (Å²) in [5.74, 6) is 0.960. The predicted molar refractivity (Wildman–Crippen MR) is 142 cm³/mol. The van der Waals surface area contributed by atoms with Crippen LogP contribution < -0.4 is 10.1 Å². The molecule has 3 aromatic heterocycles. The van der Waals surface area contributed by atoms with Gasteiger partial charge in [-0.1, -0.05) is 11.3 Å². The Balaban J connectivity index is 1.53. The number of fused-ring (bicyclic) bond motifs is 2. The molecule has 36 heavy (non-hydrogen) atoms. The van der Waals surface area contributed by atoms with Crippen molar-refractivity contribution in [2.75, 3.05) is 12.4 Å². The number of halogens is 2. The van der Waals surface area contributed by atoms with Crippen LogP contribution in [-0.4, -0.2) is 84.5 Å². The van der Waals surface area contributed by atoms with E-state index in [9.17, 15) is 8.78 Å². The van der Waals surface area contributed by atoms with Crippen molar-refractivity contribution >= 4 is 51.6 Å². The fourth-order valence-electron chi connectivity index (χ4n) is 4.68. The zero-order chi connectivity index (χ0) is 25.4. The van der Waals surface area contributed by atoms with Crippen molar-refractivity contribution in [3.05, 3.63) is 24.4 Å². The van der Waals surface area contributed by atoms with Gasteiger partial charge < -0.3 is 19.8 Å². The van der Waals surface area contributed by atoms with Gasteiger partial charge in [0.2, 0.25) is 11.8 Å². The van der Waals surface area contributed by atoms with Crippen LogP contribution in [-0.2, 0) is 11.3 Å². The van der Waals surface area contributed by atoms with E-state index in [-0.39, 0.29) is 6.04 Å². The van der Waals surface area contributed by atoms with E-state index in [0.29, 0.717) is 34.6 Å². The third-order valence-electron chi connectivity index (χ3n) is 6.38. The number of hydrogen-bond donors (Lipinski definition) is 2. The van der Waals surface area contributed by atoms with Crippen LogP contribution >= 0.6 is 0 Å². The predicted octanol–water partition coefficient (Wildman–Crippen LogP) is 0.894. The standard InChI is InChI=1S/C22H28B3F2N7O2/c1-35-13-5-3-12(4-6-13)29-21-30-19-18(20(31-21)36-22(23,24)25)14(9-28-19)11-2-7-15-16(8-11)34(33-32-15)10-17(26)27/h2,7-9,12-13,17H,3-6,10,23-25H2,1H3,(H2,28,29,30,31)/t12-,13+. The Kier molecular flexibility index (Phi) is 6.63. The monoisotopic (exact) mass is 493 g/mol. The minimum atomic E-state index is -2.53. The summed E-state index contributed by atoms with van der Waals surface area (Å²) in [6.45, 7) is -0.517. The fraction of sp³-hybridized carbons (Fsp3) is 0.455. The van der Waals surface area contributed by atoms with Gasteiger partial charge in [0.05, 0.1) is 17.0 Å². The summed E-state index contributed by atoms with van der Waals surface area (Å²) in [6.07, 6.45) is 3.56. The van der Waals surface area contributed by atoms with Gasteiger partial charge in [-0.3, -0.25) is 0 Å². The molecule has 4 aromatic rings. The number of nitrogens with one attached hydrogen (secondary N) is 2. The van der Waals surface area contributed by atoms with Crippen molar-refractivity contribution in [2.24, 2.45) is 0 Å². The van der Waals surface area contributed by atoms with E-state index < -0.39 is 18.3 Å². The molecule has 0 unspecified atom stereocenters. The first-order chi connectivity index (χ1) is 17.2. The molecular weight excluding hydrogens is 465 g/mol. The van der Waals surface area contributed by atoms with Crippen molar-refractivity contribution in [3.8, 4) is 17.0 Å². The maximum Gasteiger partial charge on any atom is 0.258 e. The van der Waals surface area contributed by atoms with E-state index >= 15 is 0 Å². The van der Waals surface area contributed by atoms with Gasteiger partial charge in [-0.25, -0.2) is 13.5 Å². The highest BCUT2D eigenvalue weighted by molar-refractivity contribution is 6.58. The van der Waals surface area contributed by atoms with Crippen molar-refractivity contribution in [1.29, 1.82) is 0 Å². The lowest BCUT2D eigenvalue weighted by Crippen LogP contribution is -2.38. The van der Waals surface area contributed by atoms with Gasteiger partial charge in [-0.05, 0) is 43.4 Å². The summed E-state index contributed by atoms with van der Waals surface area (Å²) >= 11 is 0. The van der Waals surface area contributed by atoms with Gasteiger partial charge in [-0.2, -0.15) is 9.97 Å². The summed E-state index contributed by atoms with van der Waals surface area (Å²) in [5.41, 5.74) is 3.32. The lowest BCUT2D eigenvalue weighted by molar-refractivity contribution is 0.0681. The molecule has 3 heterocycles. The number of methoxy groups -OCH3 is 1. The van der Waals surface area contributed by atoms with Crippen LogP contribution in [0.1, 0.15) is 25.7 Å². The molecule has 0 saturated heterocycles. The van der Waals surface area contributed by atoms with E-state index in [1.165, 1.54) is 4.68 Å². The van der Waals surface area contributed by atoms with Crippen molar-refractivity contribution < 1.29 is 18.3 Å². The van der Waals surface area contributed by atoms with Gasteiger partial charge in [0.1, 0.15) is 41.2 Å². The minimum absolute atomic E-state index is 0.260. The molecule has 186 valence electrons. The Labute approximate surface area is 210 Å². The van der Waals surface area contributed by atoms with Crippen LogP contribution in [0.2, 0.25) is 0 Å². The summed E-state index contributed by atoms with van der Waals surface area (Å²) < 4.78 is 39.0. The van der Waals surface area contributed by atoms with Gasteiger partial charge in [0.25, 0.3) is 6.43 Å².